The van der Waals surface area contributed by atoms with Crippen molar-refractivity contribution in [1.82, 2.24) is 5.32 Å². The lowest BCUT2D eigenvalue weighted by Gasteiger charge is -2.10. The van der Waals surface area contributed by atoms with Gasteiger partial charge in [0, 0.05) is 5.56 Å². The lowest BCUT2D eigenvalue weighted by atomic mass is 10.1. The summed E-state index contributed by atoms with van der Waals surface area (Å²) in [5.41, 5.74) is 1.28. The van der Waals surface area contributed by atoms with Gasteiger partial charge >= 0.3 is 5.97 Å². The molecule has 0 aliphatic rings. The van der Waals surface area contributed by atoms with Gasteiger partial charge in [0.25, 0.3) is 5.91 Å². The maximum Gasteiger partial charge on any atom is 0.354 e. The summed E-state index contributed by atoms with van der Waals surface area (Å²) in [6.07, 6.45) is 1.57. The minimum absolute atomic E-state index is 0.0795. The van der Waals surface area contributed by atoms with E-state index >= 15 is 0 Å². The predicted octanol–water partition coefficient (Wildman–Crippen LogP) is 3.03. The molecule has 0 aliphatic carbocycles. The Morgan fingerprint density at radius 2 is 1.71 bits per heavy atom. The minimum atomic E-state index is -0.586. The maximum atomic E-state index is 12.3. The van der Waals surface area contributed by atoms with Crippen LogP contribution in [0, 0.1) is 0 Å². The molecule has 5 nitrogen and oxygen atoms in total. The van der Waals surface area contributed by atoms with E-state index in [-0.39, 0.29) is 18.2 Å². The van der Waals surface area contributed by atoms with Crippen LogP contribution in [0.1, 0.15) is 22.8 Å². The van der Waals surface area contributed by atoms with Crippen LogP contribution >= 0.6 is 0 Å². The van der Waals surface area contributed by atoms with Gasteiger partial charge in [-0.05, 0) is 42.8 Å². The summed E-state index contributed by atoms with van der Waals surface area (Å²) in [6.45, 7) is 1.93. The number of amides is 1. The zero-order chi connectivity index (χ0) is 17.4. The molecule has 5 heteroatoms. The summed E-state index contributed by atoms with van der Waals surface area (Å²) < 4.78 is 10.1. The Kier molecular flexibility index (Phi) is 6.14. The molecule has 0 saturated heterocycles. The normalized spacial score (nSPS) is 10.8. The molecule has 0 unspecified atom stereocenters. The van der Waals surface area contributed by atoms with Crippen molar-refractivity contribution in [3.8, 4) is 5.75 Å². The van der Waals surface area contributed by atoms with Crippen LogP contribution in [0.4, 0.5) is 0 Å². The monoisotopic (exact) mass is 325 g/mol. The Bertz CT molecular complexity index is 721. The molecule has 0 fully saturated rings. The molecule has 2 aromatic carbocycles. The number of methoxy groups -OCH3 is 1. The van der Waals surface area contributed by atoms with Crippen molar-refractivity contribution in [1.29, 1.82) is 0 Å². The second kappa shape index (κ2) is 8.53. The van der Waals surface area contributed by atoms with Crippen molar-refractivity contribution < 1.29 is 19.1 Å². The summed E-state index contributed by atoms with van der Waals surface area (Å²) in [7, 11) is 1.58. The van der Waals surface area contributed by atoms with Gasteiger partial charge in [-0.15, -0.1) is 0 Å². The topological polar surface area (TPSA) is 64.6 Å². The van der Waals surface area contributed by atoms with Gasteiger partial charge in [-0.1, -0.05) is 30.3 Å². The van der Waals surface area contributed by atoms with Crippen molar-refractivity contribution in [2.24, 2.45) is 0 Å². The molecule has 0 heterocycles. The molecule has 0 aliphatic heterocycles. The van der Waals surface area contributed by atoms with E-state index in [1.807, 2.05) is 6.07 Å². The Labute approximate surface area is 140 Å². The van der Waals surface area contributed by atoms with Gasteiger partial charge < -0.3 is 14.8 Å². The van der Waals surface area contributed by atoms with Gasteiger partial charge in [0.05, 0.1) is 13.7 Å². The standard InChI is InChI=1S/C19H19NO4/c1-3-24-19(22)17(13-14-9-11-16(23-2)12-10-14)20-18(21)15-7-5-4-6-8-15/h4-13H,3H2,1-2H3,(H,20,21). The number of carbonyl (C=O) groups excluding carboxylic acids is 2. The van der Waals surface area contributed by atoms with E-state index in [1.54, 1.807) is 68.6 Å². The van der Waals surface area contributed by atoms with Gasteiger partial charge in [-0.2, -0.15) is 0 Å². The van der Waals surface area contributed by atoms with Crippen molar-refractivity contribution in [2.45, 2.75) is 6.92 Å². The Hall–Kier alpha value is -3.08. The van der Waals surface area contributed by atoms with Crippen LogP contribution in [0.2, 0.25) is 0 Å². The minimum Gasteiger partial charge on any atom is -0.497 e. The highest BCUT2D eigenvalue weighted by atomic mass is 16.5. The average molecular weight is 325 g/mol. The van der Waals surface area contributed by atoms with Crippen LogP contribution < -0.4 is 10.1 Å². The molecule has 0 saturated carbocycles. The Balaban J connectivity index is 2.25. The van der Waals surface area contributed by atoms with Crippen molar-refractivity contribution >= 4 is 18.0 Å². The van der Waals surface area contributed by atoms with Gasteiger partial charge in [0.15, 0.2) is 0 Å². The number of ether oxygens (including phenoxy) is 2. The number of esters is 1. The molecule has 0 atom stereocenters. The van der Waals surface area contributed by atoms with E-state index < -0.39 is 5.97 Å². The number of rotatable bonds is 6. The first-order valence-electron chi connectivity index (χ1n) is 7.53. The number of carbonyl (C=O) groups is 2. The molecule has 0 bridgehead atoms. The first-order valence-corrected chi connectivity index (χ1v) is 7.53. The average Bonchev–Trinajstić information content (AvgIpc) is 2.62. The van der Waals surface area contributed by atoms with Crippen molar-refractivity contribution in [3.05, 3.63) is 71.4 Å². The fourth-order valence-electron chi connectivity index (χ4n) is 2.01. The summed E-state index contributed by atoms with van der Waals surface area (Å²) in [4.78, 5) is 24.4. The second-order valence-corrected chi connectivity index (χ2v) is 4.87. The molecule has 124 valence electrons. The smallest absolute Gasteiger partial charge is 0.354 e. The molecule has 1 amide bonds. The maximum absolute atomic E-state index is 12.3. The fourth-order valence-corrected chi connectivity index (χ4v) is 2.01. The fraction of sp³-hybridized carbons (Fsp3) is 0.158. The quantitative estimate of drug-likeness (QED) is 0.655. The largest absolute Gasteiger partial charge is 0.497 e. The van der Waals surface area contributed by atoms with E-state index in [0.717, 1.165) is 5.56 Å². The Morgan fingerprint density at radius 3 is 2.29 bits per heavy atom. The van der Waals surface area contributed by atoms with E-state index in [1.165, 1.54) is 0 Å². The molecule has 0 radical (unpaired) electrons. The SMILES string of the molecule is CCOC(=O)C(=Cc1ccc(OC)cc1)NC(=O)c1ccccc1. The zero-order valence-corrected chi connectivity index (χ0v) is 13.6. The Morgan fingerprint density at radius 1 is 1.04 bits per heavy atom. The molecule has 24 heavy (non-hydrogen) atoms. The molecule has 2 aromatic rings. The van der Waals surface area contributed by atoms with Crippen LogP contribution in [0.25, 0.3) is 6.08 Å². The van der Waals surface area contributed by atoms with E-state index in [0.29, 0.717) is 11.3 Å². The zero-order valence-electron chi connectivity index (χ0n) is 13.6. The van der Waals surface area contributed by atoms with E-state index in [4.69, 9.17) is 9.47 Å². The van der Waals surface area contributed by atoms with Gasteiger partial charge in [0.1, 0.15) is 11.4 Å². The first kappa shape index (κ1) is 17.3. The molecular formula is C19H19NO4. The highest BCUT2D eigenvalue weighted by Crippen LogP contribution is 2.14. The van der Waals surface area contributed by atoms with E-state index in [2.05, 4.69) is 5.32 Å². The third-order valence-electron chi connectivity index (χ3n) is 3.21. The lowest BCUT2D eigenvalue weighted by molar-refractivity contribution is -0.138. The molecule has 2 rings (SSSR count). The van der Waals surface area contributed by atoms with Crippen LogP contribution in [0.5, 0.6) is 5.75 Å². The number of benzene rings is 2. The molecular weight excluding hydrogens is 306 g/mol. The third kappa shape index (κ3) is 4.71. The highest BCUT2D eigenvalue weighted by Gasteiger charge is 2.15. The summed E-state index contributed by atoms with van der Waals surface area (Å²) in [6, 6.07) is 15.8. The first-order chi connectivity index (χ1) is 11.6. The predicted molar refractivity (Wildman–Crippen MR) is 91.5 cm³/mol. The van der Waals surface area contributed by atoms with E-state index in [9.17, 15) is 9.59 Å². The summed E-state index contributed by atoms with van der Waals surface area (Å²) >= 11 is 0. The lowest BCUT2D eigenvalue weighted by Crippen LogP contribution is -2.28. The highest BCUT2D eigenvalue weighted by molar-refractivity contribution is 6.03. The molecule has 1 N–H and O–H groups in total. The second-order valence-electron chi connectivity index (χ2n) is 4.87. The van der Waals surface area contributed by atoms with Crippen LogP contribution in [0.3, 0.4) is 0 Å². The van der Waals surface area contributed by atoms with Crippen LogP contribution in [0.15, 0.2) is 60.3 Å². The van der Waals surface area contributed by atoms with Gasteiger partial charge in [0.2, 0.25) is 0 Å². The van der Waals surface area contributed by atoms with Crippen molar-refractivity contribution in [3.63, 3.8) is 0 Å². The summed E-state index contributed by atoms with van der Waals surface area (Å²) in [5, 5.41) is 2.61. The molecule has 0 aromatic heterocycles. The number of nitrogens with one attached hydrogen (secondary N) is 1. The van der Waals surface area contributed by atoms with Crippen molar-refractivity contribution in [2.75, 3.05) is 13.7 Å². The van der Waals surface area contributed by atoms with Crippen LogP contribution in [-0.4, -0.2) is 25.6 Å². The number of hydrogen-bond acceptors (Lipinski definition) is 4. The van der Waals surface area contributed by atoms with Crippen LogP contribution in [-0.2, 0) is 9.53 Å². The molecule has 0 spiro atoms. The third-order valence-corrected chi connectivity index (χ3v) is 3.21. The van der Waals surface area contributed by atoms with Gasteiger partial charge in [-0.25, -0.2) is 4.79 Å². The summed E-state index contributed by atoms with van der Waals surface area (Å²) in [5.74, 6) is -0.251. The number of hydrogen-bond donors (Lipinski definition) is 1. The van der Waals surface area contributed by atoms with Gasteiger partial charge in [-0.3, -0.25) is 4.79 Å².